The van der Waals surface area contributed by atoms with Gasteiger partial charge in [-0.05, 0) is 13.8 Å². The van der Waals surface area contributed by atoms with Gasteiger partial charge in [-0.3, -0.25) is 4.99 Å². The van der Waals surface area contributed by atoms with Crippen molar-refractivity contribution in [2.24, 2.45) is 10.4 Å². The maximum atomic E-state index is 5.23. The first-order valence-electron chi connectivity index (χ1n) is 5.28. The molecule has 3 nitrogen and oxygen atoms in total. The van der Waals surface area contributed by atoms with Crippen LogP contribution in [0.5, 0.6) is 0 Å². The van der Waals surface area contributed by atoms with Gasteiger partial charge in [0.1, 0.15) is 0 Å². The van der Waals surface area contributed by atoms with Gasteiger partial charge in [-0.15, -0.1) is 30.4 Å². The number of rotatable bonds is 1. The van der Waals surface area contributed by atoms with E-state index in [0.717, 1.165) is 12.5 Å². The fourth-order valence-electron chi connectivity index (χ4n) is 1.83. The van der Waals surface area contributed by atoms with Crippen molar-refractivity contribution in [2.75, 3.05) is 20.1 Å². The topological polar surface area (TPSA) is 27.6 Å². The van der Waals surface area contributed by atoms with Gasteiger partial charge in [0.2, 0.25) is 0 Å². The van der Waals surface area contributed by atoms with Crippen LogP contribution in [0.3, 0.4) is 0 Å². The molecule has 1 saturated heterocycles. The van der Waals surface area contributed by atoms with Gasteiger partial charge in [0, 0.05) is 24.5 Å². The molecule has 1 aliphatic heterocycles. The van der Waals surface area contributed by atoms with Crippen molar-refractivity contribution in [2.45, 2.75) is 33.2 Å². The maximum Gasteiger partial charge on any atom is 0.194 e. The van der Waals surface area contributed by atoms with E-state index in [4.69, 9.17) is 6.42 Å². The molecule has 1 heterocycles. The highest BCUT2D eigenvalue weighted by atomic mass is 127. The zero-order valence-electron chi connectivity index (χ0n) is 10.8. The van der Waals surface area contributed by atoms with Crippen LogP contribution in [-0.4, -0.2) is 36.5 Å². The molecule has 0 bridgehead atoms. The monoisotopic (exact) mass is 335 g/mol. The normalized spacial score (nSPS) is 21.5. The van der Waals surface area contributed by atoms with Crippen molar-refractivity contribution in [3.8, 4) is 12.3 Å². The molecule has 1 aliphatic rings. The molecule has 0 radical (unpaired) electrons. The molecule has 1 rings (SSSR count). The highest BCUT2D eigenvalue weighted by Crippen LogP contribution is 2.46. The van der Waals surface area contributed by atoms with E-state index < -0.39 is 0 Å². The Kier molecular flexibility index (Phi) is 5.12. The second-order valence-corrected chi connectivity index (χ2v) is 5.13. The first kappa shape index (κ1) is 15.6. The summed E-state index contributed by atoms with van der Waals surface area (Å²) in [5.74, 6) is 3.47. The van der Waals surface area contributed by atoms with Crippen LogP contribution in [0.4, 0.5) is 0 Å². The van der Waals surface area contributed by atoms with E-state index in [-0.39, 0.29) is 29.5 Å². The average Bonchev–Trinajstić information content (AvgIpc) is 2.17. The SMILES string of the molecule is C#CCNC(=NC)N1CC(C)(C)C1(C)C.I. The quantitative estimate of drug-likeness (QED) is 0.343. The summed E-state index contributed by atoms with van der Waals surface area (Å²) in [6.07, 6.45) is 5.23. The van der Waals surface area contributed by atoms with Crippen molar-refractivity contribution < 1.29 is 0 Å². The minimum atomic E-state index is 0. The first-order chi connectivity index (χ1) is 6.86. The summed E-state index contributed by atoms with van der Waals surface area (Å²) in [6.45, 7) is 10.6. The summed E-state index contributed by atoms with van der Waals surface area (Å²) in [5, 5.41) is 3.15. The minimum Gasteiger partial charge on any atom is -0.345 e. The Hall–Kier alpha value is -0.440. The van der Waals surface area contributed by atoms with Crippen molar-refractivity contribution >= 4 is 29.9 Å². The van der Waals surface area contributed by atoms with Crippen LogP contribution in [0.25, 0.3) is 0 Å². The van der Waals surface area contributed by atoms with Gasteiger partial charge in [0.05, 0.1) is 6.54 Å². The van der Waals surface area contributed by atoms with E-state index in [1.165, 1.54) is 0 Å². The van der Waals surface area contributed by atoms with Crippen LogP contribution in [0.1, 0.15) is 27.7 Å². The van der Waals surface area contributed by atoms with E-state index in [1.54, 1.807) is 7.05 Å². The van der Waals surface area contributed by atoms with Crippen LogP contribution in [0, 0.1) is 17.8 Å². The molecule has 0 unspecified atom stereocenters. The third-order valence-corrected chi connectivity index (χ3v) is 3.70. The number of halogens is 1. The van der Waals surface area contributed by atoms with Crippen LogP contribution in [0.15, 0.2) is 4.99 Å². The molecule has 0 saturated carbocycles. The average molecular weight is 335 g/mol. The molecule has 16 heavy (non-hydrogen) atoms. The van der Waals surface area contributed by atoms with Crippen LogP contribution < -0.4 is 5.32 Å². The summed E-state index contributed by atoms with van der Waals surface area (Å²) in [7, 11) is 1.79. The van der Waals surface area contributed by atoms with Gasteiger partial charge < -0.3 is 10.2 Å². The smallest absolute Gasteiger partial charge is 0.194 e. The third kappa shape index (κ3) is 2.45. The number of nitrogens with zero attached hydrogens (tertiary/aromatic N) is 2. The summed E-state index contributed by atoms with van der Waals surface area (Å²) < 4.78 is 0. The van der Waals surface area contributed by atoms with Gasteiger partial charge in [0.25, 0.3) is 0 Å². The lowest BCUT2D eigenvalue weighted by Crippen LogP contribution is -2.72. The molecule has 0 aliphatic carbocycles. The lowest BCUT2D eigenvalue weighted by Gasteiger charge is -2.62. The Labute approximate surface area is 116 Å². The molecule has 0 atom stereocenters. The van der Waals surface area contributed by atoms with E-state index in [0.29, 0.717) is 12.0 Å². The standard InChI is InChI=1S/C12H21N3.HI/c1-7-8-14-10(13-6)15-9-11(2,3)12(15,4)5;/h1H,8-9H2,2-6H3,(H,13,14);1H. The Morgan fingerprint density at radius 3 is 2.31 bits per heavy atom. The zero-order valence-corrected chi connectivity index (χ0v) is 13.1. The van der Waals surface area contributed by atoms with Crippen LogP contribution in [0.2, 0.25) is 0 Å². The summed E-state index contributed by atoms with van der Waals surface area (Å²) in [6, 6.07) is 0. The predicted octanol–water partition coefficient (Wildman–Crippen LogP) is 1.93. The molecule has 0 spiro atoms. The number of nitrogens with one attached hydrogen (secondary N) is 1. The van der Waals surface area contributed by atoms with Gasteiger partial charge >= 0.3 is 0 Å². The molecule has 1 N–H and O–H groups in total. The van der Waals surface area contributed by atoms with E-state index in [9.17, 15) is 0 Å². The Balaban J connectivity index is 0.00000225. The van der Waals surface area contributed by atoms with E-state index in [2.05, 4.69) is 48.8 Å². The predicted molar refractivity (Wildman–Crippen MR) is 80.2 cm³/mol. The highest BCUT2D eigenvalue weighted by molar-refractivity contribution is 14.0. The fraction of sp³-hybridized carbons (Fsp3) is 0.750. The van der Waals surface area contributed by atoms with Gasteiger partial charge in [0.15, 0.2) is 5.96 Å². The molecule has 1 fully saturated rings. The summed E-state index contributed by atoms with van der Waals surface area (Å²) >= 11 is 0. The number of terminal acetylenes is 1. The molecular formula is C12H22IN3. The molecular weight excluding hydrogens is 313 g/mol. The molecule has 0 amide bonds. The second kappa shape index (κ2) is 5.26. The highest BCUT2D eigenvalue weighted by Gasteiger charge is 2.53. The summed E-state index contributed by atoms with van der Waals surface area (Å²) in [4.78, 5) is 6.51. The number of hydrogen-bond acceptors (Lipinski definition) is 1. The Bertz CT molecular complexity index is 313. The third-order valence-electron chi connectivity index (χ3n) is 3.70. The molecule has 4 heteroatoms. The maximum absolute atomic E-state index is 5.23. The minimum absolute atomic E-state index is 0. The lowest BCUT2D eigenvalue weighted by atomic mass is 9.65. The Morgan fingerprint density at radius 1 is 1.44 bits per heavy atom. The first-order valence-corrected chi connectivity index (χ1v) is 5.28. The van der Waals surface area contributed by atoms with Crippen molar-refractivity contribution in [3.05, 3.63) is 0 Å². The Morgan fingerprint density at radius 2 is 2.00 bits per heavy atom. The van der Waals surface area contributed by atoms with Gasteiger partial charge in [-0.2, -0.15) is 0 Å². The van der Waals surface area contributed by atoms with Crippen molar-refractivity contribution in [1.29, 1.82) is 0 Å². The fourth-order valence-corrected chi connectivity index (χ4v) is 1.83. The van der Waals surface area contributed by atoms with Gasteiger partial charge in [-0.25, -0.2) is 0 Å². The lowest BCUT2D eigenvalue weighted by molar-refractivity contribution is -0.0665. The number of hydrogen-bond donors (Lipinski definition) is 1. The molecule has 0 aromatic carbocycles. The molecule has 0 aromatic heterocycles. The number of likely N-dealkylation sites (tertiary alicyclic amines) is 1. The van der Waals surface area contributed by atoms with E-state index >= 15 is 0 Å². The molecule has 92 valence electrons. The van der Waals surface area contributed by atoms with Crippen molar-refractivity contribution in [1.82, 2.24) is 10.2 Å². The van der Waals surface area contributed by atoms with Gasteiger partial charge in [-0.1, -0.05) is 19.8 Å². The molecule has 0 aromatic rings. The van der Waals surface area contributed by atoms with Crippen LogP contribution in [-0.2, 0) is 0 Å². The largest absolute Gasteiger partial charge is 0.345 e. The van der Waals surface area contributed by atoms with E-state index in [1.807, 2.05) is 0 Å². The van der Waals surface area contributed by atoms with Crippen LogP contribution >= 0.6 is 24.0 Å². The number of guanidine groups is 1. The second-order valence-electron chi connectivity index (χ2n) is 5.13. The number of aliphatic imine (C=N–C) groups is 1. The summed E-state index contributed by atoms with van der Waals surface area (Å²) in [5.41, 5.74) is 0.449. The zero-order chi connectivity index (χ0) is 11.7. The van der Waals surface area contributed by atoms with Crippen molar-refractivity contribution in [3.63, 3.8) is 0 Å².